The average molecular weight is 935 g/mol. The van der Waals surface area contributed by atoms with Crippen molar-refractivity contribution in [2.45, 2.75) is 96.2 Å². The van der Waals surface area contributed by atoms with Gasteiger partial charge in [-0.2, -0.15) is 10.2 Å². The lowest BCUT2D eigenvalue weighted by atomic mass is 9.92. The average Bonchev–Trinajstić information content (AvgIpc) is 4.02. The van der Waals surface area contributed by atoms with Crippen LogP contribution in [0.4, 0.5) is 26.0 Å². The van der Waals surface area contributed by atoms with E-state index in [2.05, 4.69) is 30.2 Å². The number of nitrogens with one attached hydrogen (secondary N) is 2. The minimum absolute atomic E-state index is 0.0100. The van der Waals surface area contributed by atoms with Crippen LogP contribution in [0, 0.1) is 5.92 Å². The molecule has 0 bridgehead atoms. The van der Waals surface area contributed by atoms with Crippen molar-refractivity contribution in [3.63, 3.8) is 0 Å². The number of imide groups is 1. The fourth-order valence-electron chi connectivity index (χ4n) is 11.3. The lowest BCUT2D eigenvalue weighted by Gasteiger charge is -2.35. The van der Waals surface area contributed by atoms with Gasteiger partial charge in [-0.15, -0.1) is 0 Å². The third-order valence-corrected chi connectivity index (χ3v) is 15.1. The number of anilines is 3. The number of rotatable bonds is 11. The molecule has 3 saturated heterocycles. The SMILES string of the molecule is CC(=O)N1CCc2c(c(N3CCCc4cc(-c5cnn(C)c5)c(C(F)F)cc43)nn2C2CCN(C(=O)CCN3CCC(CNc4cccc5c4n(C)c(=O)n5C4CCC(=O)NC4=O)CC3)CC2)C1. The molecule has 2 N–H and O–H groups in total. The van der Waals surface area contributed by atoms with Gasteiger partial charge in [0.05, 0.1) is 35.5 Å². The van der Waals surface area contributed by atoms with Crippen molar-refractivity contribution in [1.29, 1.82) is 0 Å². The van der Waals surface area contributed by atoms with Gasteiger partial charge >= 0.3 is 5.69 Å². The second kappa shape index (κ2) is 18.6. The molecule has 8 heterocycles. The van der Waals surface area contributed by atoms with E-state index >= 15 is 0 Å². The summed E-state index contributed by atoms with van der Waals surface area (Å²) >= 11 is 0. The number of benzene rings is 2. The summed E-state index contributed by atoms with van der Waals surface area (Å²) in [7, 11) is 3.48. The van der Waals surface area contributed by atoms with Crippen LogP contribution in [0.5, 0.6) is 0 Å². The van der Waals surface area contributed by atoms with Gasteiger partial charge in [-0.1, -0.05) is 6.07 Å². The Kier molecular flexibility index (Phi) is 12.4. The fraction of sp³-hybridized carbons (Fsp3) is 0.531. The zero-order chi connectivity index (χ0) is 47.4. The molecule has 0 saturated carbocycles. The molecule has 0 aliphatic carbocycles. The third-order valence-electron chi connectivity index (χ3n) is 15.1. The number of carbonyl (C=O) groups excluding carboxylic acids is 4. The zero-order valence-corrected chi connectivity index (χ0v) is 39.1. The van der Waals surface area contributed by atoms with Crippen LogP contribution in [0.15, 0.2) is 47.5 Å². The quantitative estimate of drug-likeness (QED) is 0.168. The summed E-state index contributed by atoms with van der Waals surface area (Å²) in [6, 6.07) is 8.52. The Balaban J connectivity index is 0.754. The summed E-state index contributed by atoms with van der Waals surface area (Å²) < 4.78 is 36.3. The molecule has 1 atom stereocenters. The summed E-state index contributed by atoms with van der Waals surface area (Å²) in [4.78, 5) is 72.5. The molecule has 4 amide bonds. The molecule has 3 fully saturated rings. The number of aryl methyl sites for hydroxylation is 3. The summed E-state index contributed by atoms with van der Waals surface area (Å²) in [6.07, 6.45) is 7.30. The predicted molar refractivity (Wildman–Crippen MR) is 252 cm³/mol. The van der Waals surface area contributed by atoms with Gasteiger partial charge in [0.15, 0.2) is 5.82 Å². The van der Waals surface area contributed by atoms with E-state index in [0.717, 1.165) is 97.7 Å². The number of aromatic nitrogens is 6. The minimum atomic E-state index is -2.68. The molecule has 0 radical (unpaired) electrons. The first-order chi connectivity index (χ1) is 32.8. The van der Waals surface area contributed by atoms with Crippen LogP contribution in [0.2, 0.25) is 0 Å². The molecular weight excluding hydrogens is 875 g/mol. The summed E-state index contributed by atoms with van der Waals surface area (Å²) in [5.74, 6) is 0.507. The van der Waals surface area contributed by atoms with Crippen molar-refractivity contribution in [2.24, 2.45) is 20.0 Å². The molecule has 2 aromatic carbocycles. The van der Waals surface area contributed by atoms with Gasteiger partial charge in [0.2, 0.25) is 23.6 Å². The molecular formula is C49H60F2N12O5. The molecule has 0 spiro atoms. The molecule has 1 unspecified atom stereocenters. The maximum absolute atomic E-state index is 14.7. The van der Waals surface area contributed by atoms with E-state index in [1.54, 1.807) is 48.7 Å². The standard InChI is InChI=1S/C49H60F2N12O5/c1-30(64)60-23-15-39-37(29-60)47(61-17-5-6-32-24-35(33-27-53-56(2)28-33)36(46(50)51)25-42(32)61)55-63(39)34-13-21-59(22-14-34)44(66)16-20-58-18-11-31(12-19-58)26-52-38-7-4-8-40-45(38)57(3)49(68)62(40)41-9-10-43(65)54-48(41)67/h4,7-8,24-25,27-28,31,34,41,46,52H,5-6,9-23,26,29H2,1-3H3,(H,54,65,67). The maximum atomic E-state index is 14.7. The van der Waals surface area contributed by atoms with Crippen LogP contribution in [0.1, 0.15) is 99.2 Å². The minimum Gasteiger partial charge on any atom is -0.383 e. The van der Waals surface area contributed by atoms with Gasteiger partial charge < -0.3 is 24.9 Å². The number of hydrogen-bond acceptors (Lipinski definition) is 10. The van der Waals surface area contributed by atoms with Crippen LogP contribution in [-0.4, -0.2) is 119 Å². The number of carbonyl (C=O) groups is 4. The van der Waals surface area contributed by atoms with Gasteiger partial charge in [-0.3, -0.25) is 43.0 Å². The van der Waals surface area contributed by atoms with E-state index in [9.17, 15) is 32.8 Å². The zero-order valence-electron chi connectivity index (χ0n) is 39.1. The molecule has 19 heteroatoms. The van der Waals surface area contributed by atoms with E-state index < -0.39 is 18.4 Å². The van der Waals surface area contributed by atoms with E-state index in [1.807, 2.05) is 34.1 Å². The molecule has 3 aromatic heterocycles. The summed E-state index contributed by atoms with van der Waals surface area (Å²) in [5.41, 5.74) is 6.79. The Bertz CT molecular complexity index is 2830. The Morgan fingerprint density at radius 2 is 1.72 bits per heavy atom. The van der Waals surface area contributed by atoms with Crippen LogP contribution < -0.4 is 21.2 Å². The second-order valence-corrected chi connectivity index (χ2v) is 19.3. The van der Waals surface area contributed by atoms with Gasteiger partial charge in [-0.05, 0) is 99.3 Å². The smallest absolute Gasteiger partial charge is 0.329 e. The third kappa shape index (κ3) is 8.57. The number of halogens is 2. The van der Waals surface area contributed by atoms with Crippen molar-refractivity contribution in [1.82, 2.24) is 48.7 Å². The first-order valence-corrected chi connectivity index (χ1v) is 24.2. The van der Waals surface area contributed by atoms with Crippen molar-refractivity contribution in [3.05, 3.63) is 75.6 Å². The topological polar surface area (TPSA) is 168 Å². The molecule has 17 nitrogen and oxygen atoms in total. The number of alkyl halides is 2. The highest BCUT2D eigenvalue weighted by molar-refractivity contribution is 6.00. The van der Waals surface area contributed by atoms with Gasteiger partial charge in [0.1, 0.15) is 6.04 Å². The Hall–Kier alpha value is -6.37. The number of amides is 4. The summed E-state index contributed by atoms with van der Waals surface area (Å²) in [6.45, 7) is 7.65. The van der Waals surface area contributed by atoms with Gasteiger partial charge in [-0.25, -0.2) is 13.6 Å². The lowest BCUT2D eigenvalue weighted by Crippen LogP contribution is -2.44. The summed E-state index contributed by atoms with van der Waals surface area (Å²) in [5, 5.41) is 15.5. The van der Waals surface area contributed by atoms with Crippen molar-refractivity contribution >= 4 is 51.9 Å². The molecule has 5 aromatic rings. The number of nitrogens with zero attached hydrogens (tertiary/aromatic N) is 10. The van der Waals surface area contributed by atoms with E-state index in [1.165, 1.54) is 4.57 Å². The normalized spacial score (nSPS) is 19.7. The van der Waals surface area contributed by atoms with Crippen molar-refractivity contribution < 1.29 is 28.0 Å². The van der Waals surface area contributed by atoms with Gasteiger partial charge in [0.25, 0.3) is 6.43 Å². The maximum Gasteiger partial charge on any atom is 0.329 e. The number of imidazole rings is 1. The number of para-hydroxylation sites is 1. The van der Waals surface area contributed by atoms with E-state index in [-0.39, 0.29) is 47.9 Å². The molecule has 5 aliphatic heterocycles. The largest absolute Gasteiger partial charge is 0.383 e. The number of likely N-dealkylation sites (tertiary alicyclic amines) is 2. The second-order valence-electron chi connectivity index (χ2n) is 19.3. The van der Waals surface area contributed by atoms with E-state index in [0.29, 0.717) is 74.7 Å². The van der Waals surface area contributed by atoms with Crippen LogP contribution >= 0.6 is 0 Å². The first-order valence-electron chi connectivity index (χ1n) is 24.2. The fourth-order valence-corrected chi connectivity index (χ4v) is 11.3. The molecule has 68 heavy (non-hydrogen) atoms. The van der Waals surface area contributed by atoms with Crippen molar-refractivity contribution in [2.75, 3.05) is 62.6 Å². The molecule has 5 aliphatic rings. The Morgan fingerprint density at radius 3 is 2.44 bits per heavy atom. The Labute approximate surface area is 393 Å². The van der Waals surface area contributed by atoms with Crippen molar-refractivity contribution in [3.8, 4) is 11.1 Å². The molecule has 10 rings (SSSR count). The predicted octanol–water partition coefficient (Wildman–Crippen LogP) is 5.22. The highest BCUT2D eigenvalue weighted by Gasteiger charge is 2.36. The van der Waals surface area contributed by atoms with Crippen LogP contribution in [0.3, 0.4) is 0 Å². The highest BCUT2D eigenvalue weighted by atomic mass is 19.3. The number of piperidine rings is 3. The lowest BCUT2D eigenvalue weighted by molar-refractivity contribution is -0.136. The van der Waals surface area contributed by atoms with Crippen LogP contribution in [0.25, 0.3) is 22.2 Å². The highest BCUT2D eigenvalue weighted by Crippen LogP contribution is 2.44. The number of fused-ring (bicyclic) bond motifs is 3. The monoisotopic (exact) mass is 934 g/mol. The molecule has 360 valence electrons. The van der Waals surface area contributed by atoms with Crippen LogP contribution in [-0.2, 0) is 52.7 Å². The van der Waals surface area contributed by atoms with E-state index in [4.69, 9.17) is 5.10 Å². The van der Waals surface area contributed by atoms with Gasteiger partial charge in [0, 0.05) is 114 Å². The number of hydrogen-bond donors (Lipinski definition) is 2. The Morgan fingerprint density at radius 1 is 0.926 bits per heavy atom. The first kappa shape index (κ1) is 45.4.